The molecule has 0 aliphatic heterocycles. The molecule has 0 saturated carbocycles. The van der Waals surface area contributed by atoms with Crippen LogP contribution >= 0.6 is 0 Å². The van der Waals surface area contributed by atoms with E-state index in [0.717, 1.165) is 6.07 Å². The predicted octanol–water partition coefficient (Wildman–Crippen LogP) is 3.30. The Labute approximate surface area is 118 Å². The zero-order valence-corrected chi connectivity index (χ0v) is 10.8. The van der Waals surface area contributed by atoms with E-state index >= 15 is 0 Å². The molecule has 0 bridgehead atoms. The Hall–Kier alpha value is -2.82. The summed E-state index contributed by atoms with van der Waals surface area (Å²) in [6.07, 6.45) is -4.80. The van der Waals surface area contributed by atoms with Gasteiger partial charge in [-0.2, -0.15) is 5.26 Å². The Morgan fingerprint density at radius 2 is 1.95 bits per heavy atom. The van der Waals surface area contributed by atoms with Crippen molar-refractivity contribution in [3.63, 3.8) is 0 Å². The fourth-order valence-electron chi connectivity index (χ4n) is 1.59. The van der Waals surface area contributed by atoms with Gasteiger partial charge >= 0.3 is 6.36 Å². The van der Waals surface area contributed by atoms with Gasteiger partial charge in [0.1, 0.15) is 11.8 Å². The van der Waals surface area contributed by atoms with E-state index < -0.39 is 12.1 Å². The second kappa shape index (κ2) is 5.66. The maximum absolute atomic E-state index is 12.3. The Balaban J connectivity index is 2.32. The molecule has 0 aliphatic carbocycles. The quantitative estimate of drug-likeness (QED) is 0.940. The van der Waals surface area contributed by atoms with E-state index in [1.807, 2.05) is 6.07 Å². The number of aryl methyl sites for hydroxylation is 1. The molecule has 21 heavy (non-hydrogen) atoms. The van der Waals surface area contributed by atoms with Crippen molar-refractivity contribution in [1.82, 2.24) is 9.97 Å². The molecule has 1 heterocycles. The lowest BCUT2D eigenvalue weighted by Crippen LogP contribution is -2.18. The number of para-hydroxylation sites is 2. The average Bonchev–Trinajstić information content (AvgIpc) is 2.38. The molecule has 0 fully saturated rings. The number of halogens is 3. The number of aromatic nitrogens is 2. The van der Waals surface area contributed by atoms with Crippen molar-refractivity contribution in [2.45, 2.75) is 13.3 Å². The lowest BCUT2D eigenvalue weighted by molar-refractivity contribution is -0.274. The van der Waals surface area contributed by atoms with E-state index in [4.69, 9.17) is 5.26 Å². The van der Waals surface area contributed by atoms with Crippen LogP contribution in [-0.2, 0) is 0 Å². The normalized spacial score (nSPS) is 10.8. The van der Waals surface area contributed by atoms with Crippen molar-refractivity contribution in [1.29, 1.82) is 5.26 Å². The monoisotopic (exact) mass is 294 g/mol. The van der Waals surface area contributed by atoms with Crippen LogP contribution in [0.5, 0.6) is 5.75 Å². The minimum atomic E-state index is -4.80. The summed E-state index contributed by atoms with van der Waals surface area (Å²) in [4.78, 5) is 7.87. The molecule has 2 rings (SSSR count). The molecule has 1 N–H and O–H groups in total. The number of benzene rings is 1. The van der Waals surface area contributed by atoms with Crippen LogP contribution in [0.1, 0.15) is 11.4 Å². The number of nitriles is 1. The minimum Gasteiger partial charge on any atom is -0.404 e. The molecule has 0 unspecified atom stereocenters. The van der Waals surface area contributed by atoms with Crippen molar-refractivity contribution in [3.05, 3.63) is 41.7 Å². The van der Waals surface area contributed by atoms with Gasteiger partial charge in [0.05, 0.1) is 5.69 Å². The highest BCUT2D eigenvalue weighted by Gasteiger charge is 2.32. The largest absolute Gasteiger partial charge is 0.573 e. The van der Waals surface area contributed by atoms with Gasteiger partial charge in [-0.1, -0.05) is 12.1 Å². The Bertz CT molecular complexity index is 695. The average molecular weight is 294 g/mol. The third-order valence-electron chi connectivity index (χ3n) is 2.33. The number of anilines is 2. The molecular formula is C13H9F3N4O. The van der Waals surface area contributed by atoms with Crippen LogP contribution in [0.15, 0.2) is 30.3 Å². The van der Waals surface area contributed by atoms with Gasteiger partial charge < -0.3 is 10.1 Å². The van der Waals surface area contributed by atoms with Crippen molar-refractivity contribution < 1.29 is 17.9 Å². The molecule has 0 radical (unpaired) electrons. The molecule has 0 spiro atoms. The Morgan fingerprint density at radius 3 is 2.62 bits per heavy atom. The van der Waals surface area contributed by atoms with Gasteiger partial charge in [-0.25, -0.2) is 9.97 Å². The van der Waals surface area contributed by atoms with Crippen molar-refractivity contribution in [3.8, 4) is 11.8 Å². The molecule has 0 atom stereocenters. The summed E-state index contributed by atoms with van der Waals surface area (Å²) >= 11 is 0. The molecule has 0 aliphatic rings. The third-order valence-corrected chi connectivity index (χ3v) is 2.33. The van der Waals surface area contributed by atoms with Gasteiger partial charge in [0.2, 0.25) is 5.95 Å². The van der Waals surface area contributed by atoms with E-state index in [2.05, 4.69) is 20.0 Å². The van der Waals surface area contributed by atoms with Crippen LogP contribution in [0.2, 0.25) is 0 Å². The smallest absolute Gasteiger partial charge is 0.404 e. The van der Waals surface area contributed by atoms with Gasteiger partial charge in [0.15, 0.2) is 5.75 Å². The fourth-order valence-corrected chi connectivity index (χ4v) is 1.59. The molecule has 8 heteroatoms. The van der Waals surface area contributed by atoms with Crippen LogP contribution in [0, 0.1) is 18.3 Å². The lowest BCUT2D eigenvalue weighted by Gasteiger charge is -2.13. The Morgan fingerprint density at radius 1 is 1.24 bits per heavy atom. The summed E-state index contributed by atoms with van der Waals surface area (Å²) in [6.45, 7) is 1.64. The number of hydrogen-bond donors (Lipinski definition) is 1. The molecular weight excluding hydrogens is 285 g/mol. The van der Waals surface area contributed by atoms with Gasteiger partial charge in [-0.3, -0.25) is 0 Å². The summed E-state index contributed by atoms with van der Waals surface area (Å²) in [5.74, 6) is -0.390. The topological polar surface area (TPSA) is 70.8 Å². The summed E-state index contributed by atoms with van der Waals surface area (Å²) in [7, 11) is 0. The van der Waals surface area contributed by atoms with Gasteiger partial charge in [0, 0.05) is 5.69 Å². The number of ether oxygens (including phenoxy) is 1. The number of nitrogens with zero attached hydrogens (tertiary/aromatic N) is 3. The fraction of sp³-hybridized carbons (Fsp3) is 0.154. The van der Waals surface area contributed by atoms with E-state index in [9.17, 15) is 13.2 Å². The third kappa shape index (κ3) is 4.07. The SMILES string of the molecule is Cc1cc(C#N)nc(Nc2ccccc2OC(F)(F)F)n1. The highest BCUT2D eigenvalue weighted by atomic mass is 19.4. The molecule has 0 amide bonds. The zero-order chi connectivity index (χ0) is 15.5. The lowest BCUT2D eigenvalue weighted by atomic mass is 10.3. The summed E-state index contributed by atoms with van der Waals surface area (Å²) in [6, 6.07) is 8.80. The zero-order valence-electron chi connectivity index (χ0n) is 10.8. The molecule has 108 valence electrons. The van der Waals surface area contributed by atoms with Crippen LogP contribution in [-0.4, -0.2) is 16.3 Å². The Kier molecular flexibility index (Phi) is 3.93. The maximum atomic E-state index is 12.3. The highest BCUT2D eigenvalue weighted by molar-refractivity contribution is 5.62. The van der Waals surface area contributed by atoms with Crippen molar-refractivity contribution >= 4 is 11.6 Å². The van der Waals surface area contributed by atoms with Crippen molar-refractivity contribution in [2.75, 3.05) is 5.32 Å². The van der Waals surface area contributed by atoms with Gasteiger partial charge in [0.25, 0.3) is 0 Å². The number of alkyl halides is 3. The molecule has 0 saturated heterocycles. The first-order valence-electron chi connectivity index (χ1n) is 5.75. The van der Waals surface area contributed by atoms with Crippen LogP contribution < -0.4 is 10.1 Å². The van der Waals surface area contributed by atoms with E-state index in [0.29, 0.717) is 5.69 Å². The molecule has 2 aromatic rings. The van der Waals surface area contributed by atoms with Crippen molar-refractivity contribution in [2.24, 2.45) is 0 Å². The van der Waals surface area contributed by atoms with Crippen LogP contribution in [0.3, 0.4) is 0 Å². The van der Waals surface area contributed by atoms with Crippen LogP contribution in [0.25, 0.3) is 0 Å². The predicted molar refractivity (Wildman–Crippen MR) is 67.9 cm³/mol. The number of nitrogens with one attached hydrogen (secondary N) is 1. The number of rotatable bonds is 3. The summed E-state index contributed by atoms with van der Waals surface area (Å²) < 4.78 is 40.9. The van der Waals surface area contributed by atoms with E-state index in [1.165, 1.54) is 24.3 Å². The first kappa shape index (κ1) is 14.6. The molecule has 1 aromatic carbocycles. The number of hydrogen-bond acceptors (Lipinski definition) is 5. The maximum Gasteiger partial charge on any atom is 0.573 e. The van der Waals surface area contributed by atoms with Gasteiger partial charge in [-0.05, 0) is 25.1 Å². The molecule has 5 nitrogen and oxygen atoms in total. The molecule has 1 aromatic heterocycles. The van der Waals surface area contributed by atoms with E-state index in [1.54, 1.807) is 6.92 Å². The summed E-state index contributed by atoms with van der Waals surface area (Å²) in [5, 5.41) is 11.4. The minimum absolute atomic E-state index is 0.0183. The second-order valence-electron chi connectivity index (χ2n) is 4.00. The van der Waals surface area contributed by atoms with E-state index in [-0.39, 0.29) is 17.3 Å². The first-order chi connectivity index (χ1) is 9.87. The van der Waals surface area contributed by atoms with Crippen LogP contribution in [0.4, 0.5) is 24.8 Å². The second-order valence-corrected chi connectivity index (χ2v) is 4.00. The standard InChI is InChI=1S/C13H9F3N4O/c1-8-6-9(7-17)19-12(18-8)20-10-4-2-3-5-11(10)21-13(14,15)16/h2-6H,1H3,(H,18,19,20). The highest BCUT2D eigenvalue weighted by Crippen LogP contribution is 2.31. The van der Waals surface area contributed by atoms with Gasteiger partial charge in [-0.15, -0.1) is 13.2 Å². The first-order valence-corrected chi connectivity index (χ1v) is 5.75. The summed E-state index contributed by atoms with van der Waals surface area (Å²) in [5.41, 5.74) is 0.668.